The molecule has 2 N–H and O–H groups in total. The first-order chi connectivity index (χ1) is 9.58. The lowest BCUT2D eigenvalue weighted by Gasteiger charge is -2.18. The van der Waals surface area contributed by atoms with E-state index in [0.717, 1.165) is 16.4 Å². The summed E-state index contributed by atoms with van der Waals surface area (Å²) in [6, 6.07) is 2.73. The van der Waals surface area contributed by atoms with Gasteiger partial charge in [0.25, 0.3) is 0 Å². The summed E-state index contributed by atoms with van der Waals surface area (Å²) in [4.78, 5) is 0. The van der Waals surface area contributed by atoms with Crippen molar-refractivity contribution in [2.75, 3.05) is 24.9 Å². The van der Waals surface area contributed by atoms with Crippen LogP contribution < -0.4 is 4.72 Å². The van der Waals surface area contributed by atoms with Crippen LogP contribution in [-0.2, 0) is 16.4 Å². The Morgan fingerprint density at radius 1 is 1.38 bits per heavy atom. The number of anilines is 1. The lowest BCUT2D eigenvalue weighted by Crippen LogP contribution is -2.33. The summed E-state index contributed by atoms with van der Waals surface area (Å²) in [5.74, 6) is 0. The van der Waals surface area contributed by atoms with Gasteiger partial charge in [-0.05, 0) is 24.6 Å². The van der Waals surface area contributed by atoms with Crippen LogP contribution in [0.1, 0.15) is 12.0 Å². The van der Waals surface area contributed by atoms with Crippen molar-refractivity contribution in [3.05, 3.63) is 28.8 Å². The third-order valence-electron chi connectivity index (χ3n) is 2.56. The van der Waals surface area contributed by atoms with E-state index in [2.05, 4.69) is 0 Å². The molecule has 0 saturated carbocycles. The molecule has 0 atom stereocenters. The van der Waals surface area contributed by atoms with E-state index in [-0.39, 0.29) is 25.3 Å². The summed E-state index contributed by atoms with van der Waals surface area (Å²) >= 11 is 5.45. The SMILES string of the molecule is CN(CCCO)S(=O)(=O)Nc1ccc(Cl)c(C(F)(F)F)c1. The molecule has 0 fully saturated rings. The third-order valence-corrected chi connectivity index (χ3v) is 4.39. The molecule has 1 aromatic rings. The third kappa shape index (κ3) is 5.03. The predicted molar refractivity (Wildman–Crippen MR) is 73.3 cm³/mol. The van der Waals surface area contributed by atoms with Crippen LogP contribution in [0.25, 0.3) is 0 Å². The van der Waals surface area contributed by atoms with Crippen molar-refractivity contribution >= 4 is 27.5 Å². The van der Waals surface area contributed by atoms with Crippen molar-refractivity contribution in [2.45, 2.75) is 12.6 Å². The lowest BCUT2D eigenvalue weighted by atomic mass is 10.2. The quantitative estimate of drug-likeness (QED) is 0.830. The maximum absolute atomic E-state index is 12.7. The summed E-state index contributed by atoms with van der Waals surface area (Å²) in [6.45, 7) is -0.162. The van der Waals surface area contributed by atoms with Gasteiger partial charge in [-0.2, -0.15) is 25.9 Å². The average Bonchev–Trinajstić information content (AvgIpc) is 2.36. The van der Waals surface area contributed by atoms with Crippen molar-refractivity contribution in [1.82, 2.24) is 4.31 Å². The zero-order valence-corrected chi connectivity index (χ0v) is 12.6. The van der Waals surface area contributed by atoms with Crippen LogP contribution in [0.4, 0.5) is 18.9 Å². The molecule has 0 aliphatic rings. The summed E-state index contributed by atoms with van der Waals surface area (Å²) in [5.41, 5.74) is -1.37. The second-order valence-electron chi connectivity index (χ2n) is 4.20. The molecule has 0 aliphatic carbocycles. The number of alkyl halides is 3. The van der Waals surface area contributed by atoms with Crippen molar-refractivity contribution in [1.29, 1.82) is 0 Å². The fraction of sp³-hybridized carbons (Fsp3) is 0.455. The van der Waals surface area contributed by atoms with Gasteiger partial charge in [0.1, 0.15) is 0 Å². The molecule has 0 heterocycles. The number of hydrogen-bond donors (Lipinski definition) is 2. The van der Waals surface area contributed by atoms with Crippen LogP contribution >= 0.6 is 11.6 Å². The van der Waals surface area contributed by atoms with E-state index in [9.17, 15) is 21.6 Å². The summed E-state index contributed by atoms with van der Waals surface area (Å²) < 4.78 is 64.7. The zero-order valence-electron chi connectivity index (χ0n) is 11.0. The first kappa shape index (κ1) is 18.0. The number of rotatable bonds is 6. The fourth-order valence-corrected chi connectivity index (χ4v) is 2.62. The molecular formula is C11H14ClF3N2O3S. The monoisotopic (exact) mass is 346 g/mol. The molecule has 0 spiro atoms. The highest BCUT2D eigenvalue weighted by molar-refractivity contribution is 7.90. The average molecular weight is 347 g/mol. The Balaban J connectivity index is 2.98. The van der Waals surface area contributed by atoms with Gasteiger partial charge >= 0.3 is 16.4 Å². The smallest absolute Gasteiger partial charge is 0.396 e. The largest absolute Gasteiger partial charge is 0.417 e. The minimum atomic E-state index is -4.68. The number of hydrogen-bond acceptors (Lipinski definition) is 3. The van der Waals surface area contributed by atoms with Crippen molar-refractivity contribution < 1.29 is 26.7 Å². The van der Waals surface area contributed by atoms with Crippen LogP contribution in [0.5, 0.6) is 0 Å². The minimum absolute atomic E-state index is 0.0333. The molecular weight excluding hydrogens is 333 g/mol. The van der Waals surface area contributed by atoms with Gasteiger partial charge in [0.15, 0.2) is 0 Å². The van der Waals surface area contributed by atoms with Crippen LogP contribution in [0, 0.1) is 0 Å². The highest BCUT2D eigenvalue weighted by atomic mass is 35.5. The molecule has 0 bridgehead atoms. The molecule has 0 aromatic heterocycles. The Kier molecular flexibility index (Phi) is 5.85. The Morgan fingerprint density at radius 2 is 2.00 bits per heavy atom. The maximum atomic E-state index is 12.7. The Bertz CT molecular complexity index is 593. The summed E-state index contributed by atoms with van der Waals surface area (Å²) in [5, 5.41) is 8.13. The molecule has 0 unspecified atom stereocenters. The van der Waals surface area contributed by atoms with Gasteiger partial charge in [-0.1, -0.05) is 11.6 Å². The normalized spacial score (nSPS) is 12.7. The minimum Gasteiger partial charge on any atom is -0.396 e. The molecule has 1 aromatic carbocycles. The fourth-order valence-electron chi connectivity index (χ4n) is 1.45. The number of nitrogens with one attached hydrogen (secondary N) is 1. The van der Waals surface area contributed by atoms with Crippen LogP contribution in [-0.4, -0.2) is 38.0 Å². The van der Waals surface area contributed by atoms with E-state index < -0.39 is 27.0 Å². The Labute approximate surface area is 125 Å². The highest BCUT2D eigenvalue weighted by Gasteiger charge is 2.33. The van der Waals surface area contributed by atoms with Gasteiger partial charge in [0.05, 0.1) is 16.3 Å². The second-order valence-corrected chi connectivity index (χ2v) is 6.38. The number of aliphatic hydroxyl groups is 1. The highest BCUT2D eigenvalue weighted by Crippen LogP contribution is 2.36. The zero-order chi connectivity index (χ0) is 16.3. The number of nitrogens with zero attached hydrogens (tertiary/aromatic N) is 1. The number of halogens is 4. The van der Waals surface area contributed by atoms with Gasteiger partial charge in [-0.3, -0.25) is 4.72 Å². The van der Waals surface area contributed by atoms with Crippen LogP contribution in [0.3, 0.4) is 0 Å². The first-order valence-corrected chi connectivity index (χ1v) is 7.61. The van der Waals surface area contributed by atoms with Gasteiger partial charge < -0.3 is 5.11 Å². The van der Waals surface area contributed by atoms with Gasteiger partial charge in [0, 0.05) is 20.2 Å². The number of benzene rings is 1. The molecule has 0 amide bonds. The maximum Gasteiger partial charge on any atom is 0.417 e. The van der Waals surface area contributed by atoms with Crippen molar-refractivity contribution in [3.8, 4) is 0 Å². The van der Waals surface area contributed by atoms with Gasteiger partial charge in [-0.15, -0.1) is 0 Å². The van der Waals surface area contributed by atoms with Gasteiger partial charge in [0.2, 0.25) is 0 Å². The van der Waals surface area contributed by atoms with E-state index in [1.807, 2.05) is 4.72 Å². The number of aliphatic hydroxyl groups excluding tert-OH is 1. The molecule has 10 heteroatoms. The summed E-state index contributed by atoms with van der Waals surface area (Å²) in [6.07, 6.45) is -4.47. The summed E-state index contributed by atoms with van der Waals surface area (Å²) in [7, 11) is -2.75. The van der Waals surface area contributed by atoms with E-state index in [0.29, 0.717) is 6.07 Å². The standard InChI is InChI=1S/C11H14ClF3N2O3S/c1-17(5-2-6-18)21(19,20)16-8-3-4-10(12)9(7-8)11(13,14)15/h3-4,7,16,18H,2,5-6H2,1H3. The molecule has 21 heavy (non-hydrogen) atoms. The molecule has 5 nitrogen and oxygen atoms in total. The lowest BCUT2D eigenvalue weighted by molar-refractivity contribution is -0.137. The molecule has 1 rings (SSSR count). The van der Waals surface area contributed by atoms with E-state index in [4.69, 9.17) is 16.7 Å². The van der Waals surface area contributed by atoms with Crippen LogP contribution in [0.15, 0.2) is 18.2 Å². The topological polar surface area (TPSA) is 69.6 Å². The first-order valence-electron chi connectivity index (χ1n) is 5.79. The van der Waals surface area contributed by atoms with E-state index in [1.54, 1.807) is 0 Å². The van der Waals surface area contributed by atoms with E-state index >= 15 is 0 Å². The van der Waals surface area contributed by atoms with Crippen LogP contribution in [0.2, 0.25) is 5.02 Å². The second kappa shape index (κ2) is 6.82. The predicted octanol–water partition coefficient (Wildman–Crippen LogP) is 2.33. The molecule has 0 radical (unpaired) electrons. The molecule has 0 aliphatic heterocycles. The molecule has 120 valence electrons. The van der Waals surface area contributed by atoms with E-state index in [1.165, 1.54) is 7.05 Å². The van der Waals surface area contributed by atoms with Crippen molar-refractivity contribution in [2.24, 2.45) is 0 Å². The molecule has 0 saturated heterocycles. The van der Waals surface area contributed by atoms with Crippen molar-refractivity contribution in [3.63, 3.8) is 0 Å². The van der Waals surface area contributed by atoms with Gasteiger partial charge in [-0.25, -0.2) is 0 Å². The Hall–Kier alpha value is -1.03. The Morgan fingerprint density at radius 3 is 2.52 bits per heavy atom.